The Balaban J connectivity index is 2.94. The van der Waals surface area contributed by atoms with E-state index in [0.29, 0.717) is 18.5 Å². The van der Waals surface area contributed by atoms with E-state index in [9.17, 15) is 0 Å². The topological polar surface area (TPSA) is 53.5 Å². The van der Waals surface area contributed by atoms with Crippen LogP contribution in [-0.4, -0.2) is 41.5 Å². The van der Waals surface area contributed by atoms with Gasteiger partial charge < -0.3 is 13.3 Å². The van der Waals surface area contributed by atoms with Crippen LogP contribution in [0.1, 0.15) is 5.56 Å². The molecule has 0 saturated heterocycles. The van der Waals surface area contributed by atoms with Crippen LogP contribution in [-0.2, 0) is 10.8 Å². The van der Waals surface area contributed by atoms with Crippen LogP contribution in [0.15, 0.2) is 6.20 Å². The van der Waals surface area contributed by atoms with Crippen molar-refractivity contribution >= 4 is 25.0 Å². The Morgan fingerprint density at radius 1 is 0.826 bits per heavy atom. The first-order valence-corrected chi connectivity index (χ1v) is 18.4. The lowest BCUT2D eigenvalue weighted by molar-refractivity contribution is 0.313. The summed E-state index contributed by atoms with van der Waals surface area (Å²) in [6, 6.07) is 0.423. The van der Waals surface area contributed by atoms with Crippen LogP contribution in [0.25, 0.3) is 0 Å². The Morgan fingerprint density at radius 2 is 1.39 bits per heavy atom. The van der Waals surface area contributed by atoms with E-state index in [1.54, 1.807) is 0 Å². The van der Waals surface area contributed by atoms with Crippen molar-refractivity contribution in [3.63, 3.8) is 0 Å². The van der Waals surface area contributed by atoms with E-state index in [2.05, 4.69) is 68.9 Å². The molecule has 0 unspecified atom stereocenters. The molecule has 0 aliphatic rings. The summed E-state index contributed by atoms with van der Waals surface area (Å²) in [5, 5.41) is 0. The summed E-state index contributed by atoms with van der Waals surface area (Å²) in [7, 11) is -5.00. The largest absolute Gasteiger partial charge is 0.531 e. The number of nitrogens with zero attached hydrogens (tertiary/aromatic N) is 2. The van der Waals surface area contributed by atoms with E-state index in [1.165, 1.54) is 0 Å². The summed E-state index contributed by atoms with van der Waals surface area (Å²) in [5.74, 6) is 0.659. The Labute approximate surface area is 144 Å². The molecule has 0 aliphatic heterocycles. The van der Waals surface area contributed by atoms with Gasteiger partial charge in [0, 0.05) is 24.8 Å². The Kier molecular flexibility index (Phi) is 6.59. The molecule has 0 aliphatic carbocycles. The molecule has 0 bridgehead atoms. The monoisotopic (exact) mass is 372 g/mol. The molecule has 23 heavy (non-hydrogen) atoms. The molecule has 0 fully saturated rings. The molecular formula is C15H32N2O3Si3. The van der Waals surface area contributed by atoms with Crippen molar-refractivity contribution in [1.82, 2.24) is 9.97 Å². The summed E-state index contributed by atoms with van der Waals surface area (Å²) >= 11 is 0. The molecule has 0 amide bonds. The SMILES string of the molecule is C[Si](C)(C)OCCc1cnc(O[Si](C)(C)C)nc1O[Si](C)(C)C. The van der Waals surface area contributed by atoms with Gasteiger partial charge in [0.1, 0.15) is 0 Å². The zero-order chi connectivity index (χ0) is 17.9. The van der Waals surface area contributed by atoms with Crippen LogP contribution in [0.3, 0.4) is 0 Å². The summed E-state index contributed by atoms with van der Waals surface area (Å²) in [6.45, 7) is 20.0. The summed E-state index contributed by atoms with van der Waals surface area (Å²) < 4.78 is 18.0. The number of hydrogen-bond donors (Lipinski definition) is 0. The van der Waals surface area contributed by atoms with Crippen LogP contribution in [0.4, 0.5) is 0 Å². The van der Waals surface area contributed by atoms with Gasteiger partial charge in [-0.05, 0) is 58.9 Å². The van der Waals surface area contributed by atoms with Gasteiger partial charge in [0.2, 0.25) is 22.5 Å². The molecule has 1 aromatic rings. The van der Waals surface area contributed by atoms with Gasteiger partial charge in [-0.25, -0.2) is 4.98 Å². The van der Waals surface area contributed by atoms with E-state index < -0.39 is 25.0 Å². The average Bonchev–Trinajstić information content (AvgIpc) is 2.26. The minimum absolute atomic E-state index is 0.423. The molecule has 0 saturated carbocycles. The van der Waals surface area contributed by atoms with Gasteiger partial charge in [0.05, 0.1) is 0 Å². The van der Waals surface area contributed by atoms with Crippen LogP contribution in [0.2, 0.25) is 58.9 Å². The standard InChI is InChI=1S/C15H32N2O3Si3/c1-21(2,3)18-11-10-13-12-16-15(20-23(7,8)9)17-14(13)19-22(4,5)6/h12H,10-11H2,1-9H3. The van der Waals surface area contributed by atoms with Gasteiger partial charge in [-0.15, -0.1) is 0 Å². The van der Waals surface area contributed by atoms with Gasteiger partial charge in [0.25, 0.3) is 0 Å². The Hall–Kier alpha value is -0.709. The lowest BCUT2D eigenvalue weighted by Crippen LogP contribution is -2.32. The minimum Gasteiger partial charge on any atom is -0.531 e. The average molecular weight is 373 g/mol. The summed E-state index contributed by atoms with van der Waals surface area (Å²) in [5.41, 5.74) is 0.994. The summed E-state index contributed by atoms with van der Waals surface area (Å²) in [6.07, 6.45) is 2.59. The molecule has 0 spiro atoms. The number of hydrogen-bond acceptors (Lipinski definition) is 5. The third-order valence-corrected chi connectivity index (χ3v) is 5.18. The Bertz CT molecular complexity index is 520. The van der Waals surface area contributed by atoms with Gasteiger partial charge >= 0.3 is 6.01 Å². The molecule has 5 nitrogen and oxygen atoms in total. The second-order valence-electron chi connectivity index (χ2n) is 8.62. The maximum absolute atomic E-state index is 6.15. The molecule has 0 aromatic carbocycles. The van der Waals surface area contributed by atoms with Gasteiger partial charge in [-0.2, -0.15) is 4.98 Å². The normalized spacial score (nSPS) is 13.1. The lowest BCUT2D eigenvalue weighted by Gasteiger charge is -2.23. The van der Waals surface area contributed by atoms with Crippen LogP contribution in [0, 0.1) is 0 Å². The first-order valence-electron chi connectivity index (χ1n) is 8.13. The van der Waals surface area contributed by atoms with Gasteiger partial charge in [-0.1, -0.05) is 0 Å². The predicted molar refractivity (Wildman–Crippen MR) is 103 cm³/mol. The van der Waals surface area contributed by atoms with E-state index >= 15 is 0 Å². The van der Waals surface area contributed by atoms with Crippen molar-refractivity contribution in [3.05, 3.63) is 11.8 Å². The molecule has 1 heterocycles. The molecule has 1 rings (SSSR count). The van der Waals surface area contributed by atoms with Crippen molar-refractivity contribution in [2.45, 2.75) is 65.3 Å². The van der Waals surface area contributed by atoms with Crippen LogP contribution < -0.4 is 8.85 Å². The third kappa shape index (κ3) is 9.23. The molecule has 0 radical (unpaired) electrons. The quantitative estimate of drug-likeness (QED) is 0.637. The first-order chi connectivity index (χ1) is 10.3. The highest BCUT2D eigenvalue weighted by atomic mass is 28.4. The van der Waals surface area contributed by atoms with Crippen LogP contribution in [0.5, 0.6) is 11.9 Å². The molecular weight excluding hydrogens is 340 g/mol. The zero-order valence-electron chi connectivity index (χ0n) is 16.1. The fourth-order valence-corrected chi connectivity index (χ4v) is 3.83. The Morgan fingerprint density at radius 3 is 1.87 bits per heavy atom. The van der Waals surface area contributed by atoms with Crippen molar-refractivity contribution < 1.29 is 13.3 Å². The molecule has 1 aromatic heterocycles. The van der Waals surface area contributed by atoms with Crippen molar-refractivity contribution in [1.29, 1.82) is 0 Å². The second-order valence-corrected chi connectivity index (χ2v) is 22.0. The molecule has 8 heteroatoms. The highest BCUT2D eigenvalue weighted by Crippen LogP contribution is 2.23. The van der Waals surface area contributed by atoms with Gasteiger partial charge in [-0.3, -0.25) is 0 Å². The van der Waals surface area contributed by atoms with Crippen LogP contribution >= 0.6 is 0 Å². The van der Waals surface area contributed by atoms with Crippen molar-refractivity contribution in [2.75, 3.05) is 6.61 Å². The highest BCUT2D eigenvalue weighted by Gasteiger charge is 2.23. The summed E-state index contributed by atoms with van der Waals surface area (Å²) in [4.78, 5) is 8.89. The van der Waals surface area contributed by atoms with E-state index in [4.69, 9.17) is 13.3 Å². The maximum atomic E-state index is 6.15. The highest BCUT2D eigenvalue weighted by molar-refractivity contribution is 6.71. The number of rotatable bonds is 8. The smallest absolute Gasteiger partial charge is 0.305 e. The molecule has 132 valence electrons. The van der Waals surface area contributed by atoms with Crippen molar-refractivity contribution in [3.8, 4) is 11.9 Å². The maximum Gasteiger partial charge on any atom is 0.305 e. The third-order valence-electron chi connectivity index (χ3n) is 2.51. The molecule has 0 N–H and O–H groups in total. The fourth-order valence-electron chi connectivity index (χ4n) is 1.72. The fraction of sp³-hybridized carbons (Fsp3) is 0.733. The van der Waals surface area contributed by atoms with E-state index in [0.717, 1.165) is 12.0 Å². The second kappa shape index (κ2) is 7.45. The first kappa shape index (κ1) is 20.3. The van der Waals surface area contributed by atoms with E-state index in [1.807, 2.05) is 6.20 Å². The minimum atomic E-state index is -1.75. The zero-order valence-corrected chi connectivity index (χ0v) is 19.1. The van der Waals surface area contributed by atoms with Gasteiger partial charge in [0.15, 0.2) is 8.32 Å². The van der Waals surface area contributed by atoms with Crippen molar-refractivity contribution in [2.24, 2.45) is 0 Å². The predicted octanol–water partition coefficient (Wildman–Crippen LogP) is 4.30. The lowest BCUT2D eigenvalue weighted by atomic mass is 10.2. The number of aromatic nitrogens is 2. The molecule has 0 atom stereocenters. The van der Waals surface area contributed by atoms with E-state index in [-0.39, 0.29) is 0 Å².